The Labute approximate surface area is 90.6 Å². The van der Waals surface area contributed by atoms with Crippen molar-refractivity contribution >= 4 is 35.5 Å². The van der Waals surface area contributed by atoms with Gasteiger partial charge in [-0.05, 0) is 12.1 Å². The Morgan fingerprint density at radius 3 is 2.57 bits per heavy atom. The minimum atomic E-state index is -0.663. The van der Waals surface area contributed by atoms with Crippen LogP contribution in [0.4, 0.5) is 0 Å². The fourth-order valence-corrected chi connectivity index (χ4v) is 1.52. The van der Waals surface area contributed by atoms with E-state index in [2.05, 4.69) is 4.74 Å². The molecule has 5 heteroatoms. The standard InChI is InChI=1S/C9H6Cl2O3/c1-14-9(13)7-6(10)3-2-5(4-12)8(7)11/h2-4H,1H3. The van der Waals surface area contributed by atoms with Crippen molar-refractivity contribution in [2.24, 2.45) is 0 Å². The molecule has 0 unspecified atom stereocenters. The molecule has 1 rings (SSSR count). The second kappa shape index (κ2) is 4.44. The monoisotopic (exact) mass is 232 g/mol. The SMILES string of the molecule is COC(=O)c1c(Cl)ccc(C=O)c1Cl. The lowest BCUT2D eigenvalue weighted by molar-refractivity contribution is 0.0601. The van der Waals surface area contributed by atoms with Gasteiger partial charge in [-0.15, -0.1) is 0 Å². The lowest BCUT2D eigenvalue weighted by Crippen LogP contribution is -2.04. The molecule has 0 atom stereocenters. The third-order valence-corrected chi connectivity index (χ3v) is 2.36. The van der Waals surface area contributed by atoms with Gasteiger partial charge in [0, 0.05) is 5.56 Å². The van der Waals surface area contributed by atoms with Crippen LogP contribution in [0, 0.1) is 0 Å². The maximum Gasteiger partial charge on any atom is 0.340 e. The zero-order chi connectivity index (χ0) is 10.7. The lowest BCUT2D eigenvalue weighted by Gasteiger charge is -2.05. The molecule has 0 amide bonds. The van der Waals surface area contributed by atoms with Crippen LogP contribution in [0.2, 0.25) is 10.0 Å². The second-order valence-electron chi connectivity index (χ2n) is 2.44. The Morgan fingerprint density at radius 2 is 2.07 bits per heavy atom. The summed E-state index contributed by atoms with van der Waals surface area (Å²) in [5, 5.41) is 0.173. The van der Waals surface area contributed by atoms with E-state index in [1.165, 1.54) is 19.2 Å². The molecule has 74 valence electrons. The minimum absolute atomic E-state index is 0.0133. The van der Waals surface area contributed by atoms with Gasteiger partial charge in [-0.25, -0.2) is 4.79 Å². The molecular formula is C9H6Cl2O3. The van der Waals surface area contributed by atoms with Crippen molar-refractivity contribution in [2.75, 3.05) is 7.11 Å². The predicted octanol–water partition coefficient (Wildman–Crippen LogP) is 2.59. The molecule has 0 radical (unpaired) electrons. The summed E-state index contributed by atoms with van der Waals surface area (Å²) in [4.78, 5) is 21.7. The van der Waals surface area contributed by atoms with Gasteiger partial charge in [-0.1, -0.05) is 23.2 Å². The van der Waals surface area contributed by atoms with Crippen LogP contribution in [0.1, 0.15) is 20.7 Å². The Hall–Kier alpha value is -1.06. The topological polar surface area (TPSA) is 43.4 Å². The molecule has 0 aliphatic carbocycles. The highest BCUT2D eigenvalue weighted by atomic mass is 35.5. The first-order valence-electron chi connectivity index (χ1n) is 3.63. The van der Waals surface area contributed by atoms with Gasteiger partial charge in [-0.3, -0.25) is 4.79 Å². The maximum atomic E-state index is 11.2. The van der Waals surface area contributed by atoms with E-state index in [1.54, 1.807) is 0 Å². The Balaban J connectivity index is 3.39. The van der Waals surface area contributed by atoms with Gasteiger partial charge >= 0.3 is 5.97 Å². The molecule has 0 fully saturated rings. The van der Waals surface area contributed by atoms with Crippen LogP contribution >= 0.6 is 23.2 Å². The normalized spacial score (nSPS) is 9.64. The molecule has 1 aromatic rings. The van der Waals surface area contributed by atoms with Crippen LogP contribution in [0.3, 0.4) is 0 Å². The van der Waals surface area contributed by atoms with E-state index in [4.69, 9.17) is 23.2 Å². The fraction of sp³-hybridized carbons (Fsp3) is 0.111. The first-order chi connectivity index (χ1) is 6.61. The fourth-order valence-electron chi connectivity index (χ4n) is 0.949. The molecule has 0 bridgehead atoms. The molecule has 0 N–H and O–H groups in total. The molecule has 3 nitrogen and oxygen atoms in total. The lowest BCUT2D eigenvalue weighted by atomic mass is 10.1. The van der Waals surface area contributed by atoms with Gasteiger partial charge in [-0.2, -0.15) is 0 Å². The highest BCUT2D eigenvalue weighted by Crippen LogP contribution is 2.27. The zero-order valence-electron chi connectivity index (χ0n) is 7.21. The number of benzene rings is 1. The van der Waals surface area contributed by atoms with Gasteiger partial charge in [0.15, 0.2) is 6.29 Å². The molecule has 1 aromatic carbocycles. The van der Waals surface area contributed by atoms with Crippen molar-refractivity contribution in [2.45, 2.75) is 0 Å². The van der Waals surface area contributed by atoms with Crippen molar-refractivity contribution < 1.29 is 14.3 Å². The van der Waals surface area contributed by atoms with Crippen molar-refractivity contribution in [1.29, 1.82) is 0 Å². The van der Waals surface area contributed by atoms with Crippen LogP contribution in [-0.2, 0) is 4.74 Å². The number of aldehydes is 1. The zero-order valence-corrected chi connectivity index (χ0v) is 8.72. The van der Waals surface area contributed by atoms with Crippen LogP contribution in [0.5, 0.6) is 0 Å². The number of ether oxygens (including phenoxy) is 1. The maximum absolute atomic E-state index is 11.2. The first-order valence-corrected chi connectivity index (χ1v) is 4.39. The average Bonchev–Trinajstić information content (AvgIpc) is 2.18. The quantitative estimate of drug-likeness (QED) is 0.582. The summed E-state index contributed by atoms with van der Waals surface area (Å²) in [5.74, 6) is -0.663. The smallest absolute Gasteiger partial charge is 0.340 e. The number of halogens is 2. The van der Waals surface area contributed by atoms with Crippen LogP contribution in [0.15, 0.2) is 12.1 Å². The van der Waals surface area contributed by atoms with Gasteiger partial charge < -0.3 is 4.74 Å². The van der Waals surface area contributed by atoms with Gasteiger partial charge in [0.05, 0.1) is 22.7 Å². The van der Waals surface area contributed by atoms with Crippen molar-refractivity contribution in [3.8, 4) is 0 Å². The van der Waals surface area contributed by atoms with E-state index in [-0.39, 0.29) is 21.2 Å². The van der Waals surface area contributed by atoms with E-state index < -0.39 is 5.97 Å². The molecule has 0 saturated carbocycles. The molecular weight excluding hydrogens is 227 g/mol. The largest absolute Gasteiger partial charge is 0.465 e. The molecule has 0 aliphatic rings. The highest BCUT2D eigenvalue weighted by molar-refractivity contribution is 6.40. The number of hydrogen-bond acceptors (Lipinski definition) is 3. The van der Waals surface area contributed by atoms with Crippen molar-refractivity contribution in [3.05, 3.63) is 33.3 Å². The molecule has 14 heavy (non-hydrogen) atoms. The number of carbonyl (C=O) groups is 2. The molecule has 0 saturated heterocycles. The van der Waals surface area contributed by atoms with Crippen molar-refractivity contribution in [1.82, 2.24) is 0 Å². The third-order valence-electron chi connectivity index (χ3n) is 1.64. The molecule has 0 heterocycles. The van der Waals surface area contributed by atoms with Gasteiger partial charge in [0.2, 0.25) is 0 Å². The number of rotatable bonds is 2. The Morgan fingerprint density at radius 1 is 1.43 bits per heavy atom. The minimum Gasteiger partial charge on any atom is -0.465 e. The predicted molar refractivity (Wildman–Crippen MR) is 53.2 cm³/mol. The summed E-state index contributed by atoms with van der Waals surface area (Å²) in [5.41, 5.74) is 0.219. The van der Waals surface area contributed by atoms with E-state index in [9.17, 15) is 9.59 Å². The third kappa shape index (κ3) is 1.89. The average molecular weight is 233 g/mol. The Kier molecular flexibility index (Phi) is 3.49. The summed E-state index contributed by atoms with van der Waals surface area (Å²) in [6, 6.07) is 2.85. The van der Waals surface area contributed by atoms with E-state index in [1.807, 2.05) is 0 Å². The highest BCUT2D eigenvalue weighted by Gasteiger charge is 2.17. The first kappa shape index (κ1) is 11.0. The van der Waals surface area contributed by atoms with Crippen molar-refractivity contribution in [3.63, 3.8) is 0 Å². The summed E-state index contributed by atoms with van der Waals surface area (Å²) in [6.07, 6.45) is 0.547. The van der Waals surface area contributed by atoms with E-state index >= 15 is 0 Å². The van der Waals surface area contributed by atoms with Crippen LogP contribution < -0.4 is 0 Å². The van der Waals surface area contributed by atoms with E-state index in [0.29, 0.717) is 6.29 Å². The van der Waals surface area contributed by atoms with Crippen LogP contribution in [0.25, 0.3) is 0 Å². The summed E-state index contributed by atoms with van der Waals surface area (Å²) < 4.78 is 4.47. The van der Waals surface area contributed by atoms with Crippen LogP contribution in [-0.4, -0.2) is 19.4 Å². The van der Waals surface area contributed by atoms with E-state index in [0.717, 1.165) is 0 Å². The van der Waals surface area contributed by atoms with Gasteiger partial charge in [0.1, 0.15) is 0 Å². The number of esters is 1. The second-order valence-corrected chi connectivity index (χ2v) is 3.22. The van der Waals surface area contributed by atoms with Gasteiger partial charge in [0.25, 0.3) is 0 Å². The molecule has 0 spiro atoms. The number of methoxy groups -OCH3 is 1. The number of hydrogen-bond donors (Lipinski definition) is 0. The summed E-state index contributed by atoms with van der Waals surface area (Å²) >= 11 is 11.5. The number of carbonyl (C=O) groups excluding carboxylic acids is 2. The Bertz CT molecular complexity index is 388. The summed E-state index contributed by atoms with van der Waals surface area (Å²) in [7, 11) is 1.21. The molecule has 0 aromatic heterocycles. The summed E-state index contributed by atoms with van der Waals surface area (Å²) in [6.45, 7) is 0. The molecule has 0 aliphatic heterocycles.